The van der Waals surface area contributed by atoms with Crippen LogP contribution < -0.4 is 5.32 Å². The van der Waals surface area contributed by atoms with Gasteiger partial charge in [0.2, 0.25) is 0 Å². The van der Waals surface area contributed by atoms with E-state index in [4.69, 9.17) is 0 Å². The average Bonchev–Trinajstić information content (AvgIpc) is 2.84. The summed E-state index contributed by atoms with van der Waals surface area (Å²) >= 11 is 1.64. The van der Waals surface area contributed by atoms with Gasteiger partial charge in [-0.25, -0.2) is 0 Å². The molecular weight excluding hydrogens is 206 g/mol. The Kier molecular flexibility index (Phi) is 3.54. The van der Waals surface area contributed by atoms with Crippen molar-refractivity contribution in [2.24, 2.45) is 0 Å². The first kappa shape index (κ1) is 10.8. The molecule has 1 aliphatic carbocycles. The highest BCUT2D eigenvalue weighted by Gasteiger charge is 2.16. The predicted octanol–water partition coefficient (Wildman–Crippen LogP) is 2.77. The van der Waals surface area contributed by atoms with Crippen LogP contribution in [-0.2, 0) is 0 Å². The van der Waals surface area contributed by atoms with E-state index in [9.17, 15) is 4.79 Å². The Morgan fingerprint density at radius 1 is 1.53 bits per heavy atom. The lowest BCUT2D eigenvalue weighted by Gasteiger charge is -2.10. The van der Waals surface area contributed by atoms with Crippen LogP contribution in [0.2, 0.25) is 0 Å². The summed E-state index contributed by atoms with van der Waals surface area (Å²) in [6, 6.07) is 2.51. The maximum absolute atomic E-state index is 11.8. The van der Waals surface area contributed by atoms with Crippen molar-refractivity contribution in [2.75, 3.05) is 6.54 Å². The first-order chi connectivity index (χ1) is 7.27. The number of carbonyl (C=O) groups excluding carboxylic acids is 1. The van der Waals surface area contributed by atoms with Gasteiger partial charge in [-0.1, -0.05) is 12.8 Å². The highest BCUT2D eigenvalue weighted by molar-refractivity contribution is 7.10. The van der Waals surface area contributed by atoms with E-state index in [1.54, 1.807) is 11.3 Å². The van der Waals surface area contributed by atoms with E-state index in [1.165, 1.54) is 25.7 Å². The van der Waals surface area contributed by atoms with Crippen molar-refractivity contribution in [1.82, 2.24) is 5.32 Å². The fraction of sp³-hybridized carbons (Fsp3) is 0.583. The summed E-state index contributed by atoms with van der Waals surface area (Å²) in [4.78, 5) is 13.0. The molecule has 1 heterocycles. The summed E-state index contributed by atoms with van der Waals surface area (Å²) in [5.41, 5.74) is 0.894. The zero-order valence-corrected chi connectivity index (χ0v) is 9.90. The molecule has 0 radical (unpaired) electrons. The predicted molar refractivity (Wildman–Crippen MR) is 63.6 cm³/mol. The molecule has 0 aromatic carbocycles. The number of hydrogen-bond donors (Lipinski definition) is 1. The number of Topliss-reactive ketones (excluding diaryl/α,β-unsaturated/α-hetero) is 1. The highest BCUT2D eigenvalue weighted by Crippen LogP contribution is 2.18. The van der Waals surface area contributed by atoms with Crippen molar-refractivity contribution in [3.05, 3.63) is 21.9 Å². The average molecular weight is 223 g/mol. The van der Waals surface area contributed by atoms with Gasteiger partial charge in [0.1, 0.15) is 0 Å². The summed E-state index contributed by atoms with van der Waals surface area (Å²) in [5, 5.41) is 5.34. The molecule has 82 valence electrons. The summed E-state index contributed by atoms with van der Waals surface area (Å²) in [7, 11) is 0. The molecule has 1 aliphatic rings. The number of rotatable bonds is 4. The standard InChI is InChI=1S/C12H17NOS/c1-9-11(6-7-15-9)12(14)8-13-10-4-2-3-5-10/h6-7,10,13H,2-5,8H2,1H3. The van der Waals surface area contributed by atoms with Crippen molar-refractivity contribution in [1.29, 1.82) is 0 Å². The van der Waals surface area contributed by atoms with Crippen molar-refractivity contribution in [3.63, 3.8) is 0 Å². The quantitative estimate of drug-likeness (QED) is 0.795. The third-order valence-corrected chi connectivity index (χ3v) is 3.91. The molecule has 3 heteroatoms. The summed E-state index contributed by atoms with van der Waals surface area (Å²) < 4.78 is 0. The number of ketones is 1. The largest absolute Gasteiger partial charge is 0.307 e. The van der Waals surface area contributed by atoms with Crippen LogP contribution in [0.15, 0.2) is 11.4 Å². The van der Waals surface area contributed by atoms with Crippen LogP contribution in [0.3, 0.4) is 0 Å². The Morgan fingerprint density at radius 2 is 2.27 bits per heavy atom. The van der Waals surface area contributed by atoms with E-state index in [2.05, 4.69) is 5.32 Å². The van der Waals surface area contributed by atoms with Gasteiger partial charge in [-0.3, -0.25) is 4.79 Å². The molecule has 2 rings (SSSR count). The minimum Gasteiger partial charge on any atom is -0.307 e. The molecule has 0 bridgehead atoms. The van der Waals surface area contributed by atoms with Crippen LogP contribution >= 0.6 is 11.3 Å². The summed E-state index contributed by atoms with van der Waals surface area (Å²) in [6.45, 7) is 2.51. The Morgan fingerprint density at radius 3 is 2.87 bits per heavy atom. The Hall–Kier alpha value is -0.670. The number of carbonyl (C=O) groups is 1. The van der Waals surface area contributed by atoms with E-state index in [0.717, 1.165) is 10.4 Å². The minimum absolute atomic E-state index is 0.237. The molecule has 1 N–H and O–H groups in total. The van der Waals surface area contributed by atoms with Gasteiger partial charge in [0.25, 0.3) is 0 Å². The van der Waals surface area contributed by atoms with E-state index in [-0.39, 0.29) is 5.78 Å². The normalized spacial score (nSPS) is 17.1. The molecule has 1 aromatic heterocycles. The van der Waals surface area contributed by atoms with Crippen molar-refractivity contribution < 1.29 is 4.79 Å². The van der Waals surface area contributed by atoms with Gasteiger partial charge in [0, 0.05) is 16.5 Å². The van der Waals surface area contributed by atoms with Crippen LogP contribution in [0.5, 0.6) is 0 Å². The lowest BCUT2D eigenvalue weighted by atomic mass is 10.1. The molecule has 1 saturated carbocycles. The maximum atomic E-state index is 11.8. The molecule has 15 heavy (non-hydrogen) atoms. The SMILES string of the molecule is Cc1sccc1C(=O)CNC1CCCC1. The topological polar surface area (TPSA) is 29.1 Å². The molecule has 0 aliphatic heterocycles. The van der Waals surface area contributed by atoms with Crippen LogP contribution in [0.1, 0.15) is 40.9 Å². The van der Waals surface area contributed by atoms with E-state index < -0.39 is 0 Å². The van der Waals surface area contributed by atoms with Gasteiger partial charge in [-0.05, 0) is 31.2 Å². The van der Waals surface area contributed by atoms with Crippen LogP contribution in [0, 0.1) is 6.92 Å². The molecule has 2 nitrogen and oxygen atoms in total. The van der Waals surface area contributed by atoms with Gasteiger partial charge >= 0.3 is 0 Å². The van der Waals surface area contributed by atoms with Crippen LogP contribution in [0.25, 0.3) is 0 Å². The van der Waals surface area contributed by atoms with Crippen molar-refractivity contribution >= 4 is 17.1 Å². The van der Waals surface area contributed by atoms with Gasteiger partial charge < -0.3 is 5.32 Å². The summed E-state index contributed by atoms with van der Waals surface area (Å²) in [5.74, 6) is 0.237. The van der Waals surface area contributed by atoms with E-state index >= 15 is 0 Å². The van der Waals surface area contributed by atoms with Gasteiger partial charge in [-0.15, -0.1) is 11.3 Å². The monoisotopic (exact) mass is 223 g/mol. The lowest BCUT2D eigenvalue weighted by molar-refractivity contribution is 0.0987. The maximum Gasteiger partial charge on any atom is 0.177 e. The zero-order valence-electron chi connectivity index (χ0n) is 9.08. The first-order valence-corrected chi connectivity index (χ1v) is 6.46. The zero-order chi connectivity index (χ0) is 10.7. The second-order valence-electron chi connectivity index (χ2n) is 4.18. The third-order valence-electron chi connectivity index (χ3n) is 3.07. The molecule has 0 atom stereocenters. The molecule has 0 amide bonds. The Bertz CT molecular complexity index is 339. The fourth-order valence-corrected chi connectivity index (χ4v) is 2.85. The van der Waals surface area contributed by atoms with E-state index in [1.807, 2.05) is 18.4 Å². The number of nitrogens with one attached hydrogen (secondary N) is 1. The Labute approximate surface area is 94.7 Å². The Balaban J connectivity index is 1.84. The second-order valence-corrected chi connectivity index (χ2v) is 5.30. The van der Waals surface area contributed by atoms with Crippen molar-refractivity contribution in [2.45, 2.75) is 38.6 Å². The van der Waals surface area contributed by atoms with Crippen LogP contribution in [0.4, 0.5) is 0 Å². The van der Waals surface area contributed by atoms with Gasteiger partial charge in [-0.2, -0.15) is 0 Å². The third kappa shape index (κ3) is 2.67. The highest BCUT2D eigenvalue weighted by atomic mass is 32.1. The molecular formula is C12H17NOS. The number of hydrogen-bond acceptors (Lipinski definition) is 3. The minimum atomic E-state index is 0.237. The van der Waals surface area contributed by atoms with E-state index in [0.29, 0.717) is 12.6 Å². The van der Waals surface area contributed by atoms with Crippen molar-refractivity contribution in [3.8, 4) is 0 Å². The molecule has 0 saturated heterocycles. The van der Waals surface area contributed by atoms with Gasteiger partial charge in [0.05, 0.1) is 6.54 Å². The smallest absolute Gasteiger partial charge is 0.177 e. The molecule has 1 fully saturated rings. The second kappa shape index (κ2) is 4.90. The summed E-state index contributed by atoms with van der Waals surface area (Å²) in [6.07, 6.45) is 5.08. The number of aryl methyl sites for hydroxylation is 1. The van der Waals surface area contributed by atoms with Crippen LogP contribution in [-0.4, -0.2) is 18.4 Å². The molecule has 0 spiro atoms. The molecule has 1 aromatic rings. The van der Waals surface area contributed by atoms with Gasteiger partial charge in [0.15, 0.2) is 5.78 Å². The fourth-order valence-electron chi connectivity index (χ4n) is 2.14. The number of thiophene rings is 1. The lowest BCUT2D eigenvalue weighted by Crippen LogP contribution is -2.31. The first-order valence-electron chi connectivity index (χ1n) is 5.58. The molecule has 0 unspecified atom stereocenters.